The van der Waals surface area contributed by atoms with Crippen molar-refractivity contribution in [1.29, 1.82) is 0 Å². The Morgan fingerprint density at radius 2 is 2.24 bits per heavy atom. The van der Waals surface area contributed by atoms with Crippen molar-refractivity contribution in [1.82, 2.24) is 9.97 Å². The molecule has 0 radical (unpaired) electrons. The largest absolute Gasteiger partial charge is 0.478 e. The van der Waals surface area contributed by atoms with Gasteiger partial charge >= 0.3 is 5.97 Å². The Balaban J connectivity index is 2.26. The molecule has 0 fully saturated rings. The van der Waals surface area contributed by atoms with E-state index in [0.29, 0.717) is 0 Å². The maximum absolute atomic E-state index is 11.2. The number of anilines is 1. The quantitative estimate of drug-likeness (QED) is 0.638. The molecule has 2 aromatic heterocycles. The van der Waals surface area contributed by atoms with Crippen molar-refractivity contribution < 1.29 is 14.8 Å². The Bertz CT molecular complexity index is 702. The fourth-order valence-corrected chi connectivity index (χ4v) is 1.73. The van der Waals surface area contributed by atoms with E-state index in [1.165, 1.54) is 0 Å². The first-order valence-corrected chi connectivity index (χ1v) is 6.01. The van der Waals surface area contributed by atoms with Gasteiger partial charge in [0.2, 0.25) is 0 Å². The van der Waals surface area contributed by atoms with Crippen LogP contribution in [0.3, 0.4) is 0 Å². The smallest absolute Gasteiger partial charge is 0.339 e. The minimum Gasteiger partial charge on any atom is -0.478 e. The van der Waals surface area contributed by atoms with E-state index in [4.69, 9.17) is 5.11 Å². The van der Waals surface area contributed by atoms with Gasteiger partial charge in [0.15, 0.2) is 0 Å². The number of nitrogens with one attached hydrogen (secondary N) is 1. The molecule has 8 nitrogen and oxygen atoms in total. The number of aromatic carboxylic acids is 1. The van der Waals surface area contributed by atoms with Crippen LogP contribution >= 0.6 is 0 Å². The van der Waals surface area contributed by atoms with Gasteiger partial charge in [-0.15, -0.1) is 0 Å². The standard InChI is InChI=1S/C13H12N4O4/c1-8-3-2-4-14-11(8)7-16-12-10(13(18)19)5-9(6-15-12)17(20)21/h2-6H,7H2,1H3,(H,15,16)(H,18,19). The third kappa shape index (κ3) is 3.30. The van der Waals surface area contributed by atoms with E-state index in [1.54, 1.807) is 12.3 Å². The number of rotatable bonds is 5. The monoisotopic (exact) mass is 288 g/mol. The molecule has 0 atom stereocenters. The van der Waals surface area contributed by atoms with Gasteiger partial charge in [-0.05, 0) is 18.6 Å². The fraction of sp³-hybridized carbons (Fsp3) is 0.154. The topological polar surface area (TPSA) is 118 Å². The van der Waals surface area contributed by atoms with E-state index >= 15 is 0 Å². The summed E-state index contributed by atoms with van der Waals surface area (Å²) < 4.78 is 0. The fourth-order valence-electron chi connectivity index (χ4n) is 1.73. The van der Waals surface area contributed by atoms with Crippen molar-refractivity contribution in [3.63, 3.8) is 0 Å². The average molecular weight is 288 g/mol. The van der Waals surface area contributed by atoms with Crippen LogP contribution in [0.5, 0.6) is 0 Å². The number of nitro groups is 1. The lowest BCUT2D eigenvalue weighted by Crippen LogP contribution is -2.10. The van der Waals surface area contributed by atoms with Crippen LogP contribution in [0.2, 0.25) is 0 Å². The van der Waals surface area contributed by atoms with Crippen LogP contribution < -0.4 is 5.32 Å². The maximum Gasteiger partial charge on any atom is 0.339 e. The summed E-state index contributed by atoms with van der Waals surface area (Å²) in [7, 11) is 0. The summed E-state index contributed by atoms with van der Waals surface area (Å²) in [5.74, 6) is -1.22. The molecule has 0 amide bonds. The van der Waals surface area contributed by atoms with E-state index in [1.807, 2.05) is 13.0 Å². The summed E-state index contributed by atoms with van der Waals surface area (Å²) in [5.41, 5.74) is 1.07. The van der Waals surface area contributed by atoms with Crippen molar-refractivity contribution in [3.8, 4) is 0 Å². The Morgan fingerprint density at radius 1 is 1.48 bits per heavy atom. The van der Waals surface area contributed by atoms with Gasteiger partial charge in [0, 0.05) is 12.3 Å². The molecule has 0 aliphatic carbocycles. The lowest BCUT2D eigenvalue weighted by molar-refractivity contribution is -0.385. The zero-order valence-corrected chi connectivity index (χ0v) is 11.1. The van der Waals surface area contributed by atoms with Crippen molar-refractivity contribution in [2.45, 2.75) is 13.5 Å². The van der Waals surface area contributed by atoms with Crippen LogP contribution in [0.25, 0.3) is 0 Å². The van der Waals surface area contributed by atoms with Gasteiger partial charge in [-0.3, -0.25) is 15.1 Å². The zero-order chi connectivity index (χ0) is 15.4. The molecule has 21 heavy (non-hydrogen) atoms. The SMILES string of the molecule is Cc1cccnc1CNc1ncc([N+](=O)[O-])cc1C(=O)O. The molecular weight excluding hydrogens is 276 g/mol. The summed E-state index contributed by atoms with van der Waals surface area (Å²) in [4.78, 5) is 29.1. The van der Waals surface area contributed by atoms with Crippen LogP contribution in [0.15, 0.2) is 30.6 Å². The summed E-state index contributed by atoms with van der Waals surface area (Å²) in [6.45, 7) is 2.16. The first-order valence-electron chi connectivity index (χ1n) is 6.01. The minimum atomic E-state index is -1.29. The molecule has 0 spiro atoms. The number of pyridine rings is 2. The predicted molar refractivity (Wildman–Crippen MR) is 74.2 cm³/mol. The molecule has 0 aliphatic heterocycles. The molecule has 0 aromatic carbocycles. The molecule has 0 bridgehead atoms. The Hall–Kier alpha value is -3.03. The first-order chi connectivity index (χ1) is 9.99. The number of carboxylic acids is 1. The van der Waals surface area contributed by atoms with Gasteiger partial charge in [-0.2, -0.15) is 0 Å². The molecule has 2 heterocycles. The molecule has 2 rings (SSSR count). The van der Waals surface area contributed by atoms with Gasteiger partial charge in [0.05, 0.1) is 17.2 Å². The van der Waals surface area contributed by atoms with E-state index < -0.39 is 10.9 Å². The Labute approximate surface area is 119 Å². The summed E-state index contributed by atoms with van der Waals surface area (Å²) in [6.07, 6.45) is 2.64. The second kappa shape index (κ2) is 5.95. The van der Waals surface area contributed by atoms with Crippen LogP contribution in [0, 0.1) is 17.0 Å². The van der Waals surface area contributed by atoms with Gasteiger partial charge in [-0.1, -0.05) is 6.07 Å². The van der Waals surface area contributed by atoms with Crippen molar-refractivity contribution in [2.75, 3.05) is 5.32 Å². The normalized spacial score (nSPS) is 10.1. The molecule has 2 aromatic rings. The van der Waals surface area contributed by atoms with Gasteiger partial charge in [-0.25, -0.2) is 9.78 Å². The highest BCUT2D eigenvalue weighted by atomic mass is 16.6. The van der Waals surface area contributed by atoms with E-state index in [9.17, 15) is 14.9 Å². The molecule has 2 N–H and O–H groups in total. The highest BCUT2D eigenvalue weighted by molar-refractivity contribution is 5.93. The lowest BCUT2D eigenvalue weighted by Gasteiger charge is -2.09. The lowest BCUT2D eigenvalue weighted by atomic mass is 10.2. The van der Waals surface area contributed by atoms with Crippen molar-refractivity contribution in [3.05, 3.63) is 57.5 Å². The third-order valence-electron chi connectivity index (χ3n) is 2.86. The predicted octanol–water partition coefficient (Wildman–Crippen LogP) is 2.00. The summed E-state index contributed by atoms with van der Waals surface area (Å²) in [5, 5.41) is 22.6. The van der Waals surface area contributed by atoms with E-state index in [0.717, 1.165) is 23.5 Å². The summed E-state index contributed by atoms with van der Waals surface area (Å²) in [6, 6.07) is 4.65. The van der Waals surface area contributed by atoms with Crippen LogP contribution in [0.4, 0.5) is 11.5 Å². The van der Waals surface area contributed by atoms with Crippen molar-refractivity contribution >= 4 is 17.5 Å². The number of hydrogen-bond acceptors (Lipinski definition) is 6. The highest BCUT2D eigenvalue weighted by Crippen LogP contribution is 2.19. The molecule has 0 aliphatic rings. The number of carboxylic acid groups (broad SMARTS) is 1. The third-order valence-corrected chi connectivity index (χ3v) is 2.86. The van der Waals surface area contributed by atoms with Crippen LogP contribution in [0.1, 0.15) is 21.6 Å². The number of hydrogen-bond donors (Lipinski definition) is 2. The molecule has 108 valence electrons. The van der Waals surface area contributed by atoms with Gasteiger partial charge in [0.1, 0.15) is 17.6 Å². The van der Waals surface area contributed by atoms with Gasteiger partial charge < -0.3 is 10.4 Å². The van der Waals surface area contributed by atoms with Crippen LogP contribution in [-0.4, -0.2) is 26.0 Å². The number of aromatic nitrogens is 2. The molecule has 0 unspecified atom stereocenters. The molecular formula is C13H12N4O4. The second-order valence-electron chi connectivity index (χ2n) is 4.27. The van der Waals surface area contributed by atoms with Gasteiger partial charge in [0.25, 0.3) is 5.69 Å². The molecule has 8 heteroatoms. The maximum atomic E-state index is 11.2. The van der Waals surface area contributed by atoms with Crippen LogP contribution in [-0.2, 0) is 6.54 Å². The second-order valence-corrected chi connectivity index (χ2v) is 4.27. The highest BCUT2D eigenvalue weighted by Gasteiger charge is 2.17. The molecule has 0 saturated carbocycles. The first kappa shape index (κ1) is 14.4. The van der Waals surface area contributed by atoms with E-state index in [2.05, 4.69) is 15.3 Å². The Kier molecular flexibility index (Phi) is 4.07. The number of aryl methyl sites for hydroxylation is 1. The number of carbonyl (C=O) groups is 1. The Morgan fingerprint density at radius 3 is 2.86 bits per heavy atom. The summed E-state index contributed by atoms with van der Waals surface area (Å²) >= 11 is 0. The van der Waals surface area contributed by atoms with Crippen molar-refractivity contribution in [2.24, 2.45) is 0 Å². The molecule has 0 saturated heterocycles. The average Bonchev–Trinajstić information content (AvgIpc) is 2.46. The number of nitrogens with zero attached hydrogens (tertiary/aromatic N) is 3. The van der Waals surface area contributed by atoms with E-state index in [-0.39, 0.29) is 23.6 Å². The minimum absolute atomic E-state index is 0.0677. The zero-order valence-electron chi connectivity index (χ0n) is 11.1.